The van der Waals surface area contributed by atoms with E-state index in [1.165, 1.54) is 51.6 Å². The van der Waals surface area contributed by atoms with Crippen LogP contribution in [0.4, 0.5) is 0 Å². The van der Waals surface area contributed by atoms with Gasteiger partial charge in [0.1, 0.15) is 13.1 Å². The molecule has 0 saturated heterocycles. The summed E-state index contributed by atoms with van der Waals surface area (Å²) >= 11 is 0. The minimum absolute atomic E-state index is 0.169. The molecule has 0 aliphatic heterocycles. The molecule has 0 aromatic heterocycles. The van der Waals surface area contributed by atoms with E-state index in [2.05, 4.69) is 125 Å². The van der Waals surface area contributed by atoms with Crippen LogP contribution in [0, 0.1) is 0 Å². The van der Waals surface area contributed by atoms with E-state index in [1.54, 1.807) is 0 Å². The summed E-state index contributed by atoms with van der Waals surface area (Å²) in [5.74, 6) is 0. The Morgan fingerprint density at radius 1 is 0.500 bits per heavy atom. The molecular weight excluding hydrogens is 725 g/mol. The van der Waals surface area contributed by atoms with Gasteiger partial charge in [-0.25, -0.2) is 10.0 Å². The van der Waals surface area contributed by atoms with Crippen LogP contribution in [0.5, 0.6) is 0 Å². The second-order valence-corrected chi connectivity index (χ2v) is 17.3. The number of unbranched alkanes of at least 4 members (excludes halogenated alkanes) is 6. The Balaban J connectivity index is 0.00000366. The van der Waals surface area contributed by atoms with Gasteiger partial charge in [0.15, 0.2) is 0 Å². The largest absolute Gasteiger partial charge is 0.345 e. The first-order chi connectivity index (χ1) is 27.8. The van der Waals surface area contributed by atoms with Gasteiger partial charge >= 0.3 is 0 Å². The second-order valence-electron chi connectivity index (χ2n) is 17.3. The Labute approximate surface area is 349 Å². The minimum atomic E-state index is -0.731. The molecule has 0 amide bonds. The van der Waals surface area contributed by atoms with Gasteiger partial charge in [0.05, 0.1) is 7.11 Å². The maximum Gasteiger partial charge on any atom is 0.212 e. The highest BCUT2D eigenvalue weighted by molar-refractivity contribution is 5.82. The van der Waals surface area contributed by atoms with Crippen LogP contribution in [0.3, 0.4) is 0 Å². The molecule has 8 heteroatoms. The van der Waals surface area contributed by atoms with E-state index in [9.17, 15) is 25.6 Å². The number of hydroxylamine groups is 6. The molecule has 0 heterocycles. The highest BCUT2D eigenvalue weighted by atomic mass is 16.7. The molecule has 0 atom stereocenters. The van der Waals surface area contributed by atoms with Crippen LogP contribution in [0.1, 0.15) is 139 Å². The lowest BCUT2D eigenvalue weighted by Crippen LogP contribution is -2.49. The van der Waals surface area contributed by atoms with Gasteiger partial charge in [0, 0.05) is 16.2 Å². The molecule has 0 unspecified atom stereocenters. The molecule has 318 valence electrons. The van der Waals surface area contributed by atoms with E-state index in [-0.39, 0.29) is 34.4 Å². The summed E-state index contributed by atoms with van der Waals surface area (Å²) in [6, 6.07) is 36.0. The van der Waals surface area contributed by atoms with Crippen molar-refractivity contribution in [1.29, 1.82) is 0 Å². The van der Waals surface area contributed by atoms with Crippen molar-refractivity contribution in [3.63, 3.8) is 0 Å². The number of rotatable bonds is 23. The maximum absolute atomic E-state index is 10.4. The quantitative estimate of drug-likeness (QED) is 0.0221. The van der Waals surface area contributed by atoms with E-state index >= 15 is 0 Å². The number of hydrogen-bond acceptors (Lipinski definition) is 6. The summed E-state index contributed by atoms with van der Waals surface area (Å²) in [4.78, 5) is 5.46. The Morgan fingerprint density at radius 2 is 0.897 bits per heavy atom. The van der Waals surface area contributed by atoms with Crippen molar-refractivity contribution >= 4 is 0 Å². The molecule has 0 spiro atoms. The number of aliphatic hydroxyl groups is 4. The summed E-state index contributed by atoms with van der Waals surface area (Å²) < 4.78 is -0.900. The van der Waals surface area contributed by atoms with Crippen LogP contribution in [-0.4, -0.2) is 82.0 Å². The van der Waals surface area contributed by atoms with E-state index in [1.807, 2.05) is 13.8 Å². The Morgan fingerprint density at radius 3 is 1.28 bits per heavy atom. The first-order valence-corrected chi connectivity index (χ1v) is 21.7. The van der Waals surface area contributed by atoms with Crippen LogP contribution in [-0.2, 0) is 21.1 Å². The summed E-state index contributed by atoms with van der Waals surface area (Å²) in [5, 5.41) is 49.4. The molecule has 4 aromatic carbocycles. The van der Waals surface area contributed by atoms with Gasteiger partial charge in [-0.2, -0.15) is 0 Å². The number of hydrogen-bond donors (Lipinski definition) is 5. The summed E-state index contributed by atoms with van der Waals surface area (Å²) in [6.07, 6.45) is 9.43. The highest BCUT2D eigenvalue weighted by Crippen LogP contribution is 2.56. The molecule has 5 rings (SSSR count). The minimum Gasteiger partial charge on any atom is -0.345 e. The predicted molar refractivity (Wildman–Crippen MR) is 235 cm³/mol. The number of quaternary nitrogens is 2. The SMILES string of the molecule is CC.CO[N+](CO)(CO)CCCCCCC1(CCCCCC[N+](O)(CO)CO)c2cc(C(C)(C)c3ccccc3)ccc2-c2ccc(C(C)(C)c3ccccc3)cc21. The monoisotopic (exact) mass is 799 g/mol. The third kappa shape index (κ3) is 10.5. The van der Waals surface area contributed by atoms with Crippen LogP contribution in [0.15, 0.2) is 97.1 Å². The van der Waals surface area contributed by atoms with Crippen molar-refractivity contribution in [3.8, 4) is 11.1 Å². The van der Waals surface area contributed by atoms with Crippen LogP contribution >= 0.6 is 0 Å². The van der Waals surface area contributed by atoms with Crippen LogP contribution < -0.4 is 0 Å². The molecule has 0 fully saturated rings. The molecule has 4 aromatic rings. The molecule has 0 saturated carbocycles. The smallest absolute Gasteiger partial charge is 0.212 e. The molecule has 0 bridgehead atoms. The zero-order valence-corrected chi connectivity index (χ0v) is 36.6. The van der Waals surface area contributed by atoms with Crippen molar-refractivity contribution in [2.75, 3.05) is 47.1 Å². The lowest BCUT2D eigenvalue weighted by atomic mass is 9.68. The van der Waals surface area contributed by atoms with Gasteiger partial charge in [-0.15, -0.1) is 9.29 Å². The first-order valence-electron chi connectivity index (χ1n) is 21.7. The average molecular weight is 799 g/mol. The van der Waals surface area contributed by atoms with Crippen molar-refractivity contribution in [3.05, 3.63) is 130 Å². The third-order valence-corrected chi connectivity index (χ3v) is 13.1. The van der Waals surface area contributed by atoms with E-state index in [0.29, 0.717) is 19.5 Å². The molecular formula is C50H74N2O6+2. The van der Waals surface area contributed by atoms with Crippen molar-refractivity contribution in [2.45, 2.75) is 122 Å². The Hall–Kier alpha value is -3.44. The molecule has 1 aliphatic carbocycles. The van der Waals surface area contributed by atoms with Crippen molar-refractivity contribution in [1.82, 2.24) is 0 Å². The second kappa shape index (κ2) is 21.2. The Kier molecular flexibility index (Phi) is 17.3. The number of fused-ring (bicyclic) bond motifs is 3. The van der Waals surface area contributed by atoms with Gasteiger partial charge in [0.2, 0.25) is 26.9 Å². The molecule has 5 N–H and O–H groups in total. The lowest BCUT2D eigenvalue weighted by Gasteiger charge is -2.36. The fourth-order valence-electron chi connectivity index (χ4n) is 8.93. The first kappa shape index (κ1) is 47.2. The number of nitrogens with zero attached hydrogens (tertiary/aromatic N) is 2. The molecule has 0 radical (unpaired) electrons. The third-order valence-electron chi connectivity index (χ3n) is 13.1. The summed E-state index contributed by atoms with van der Waals surface area (Å²) in [6.45, 7) is 12.6. The zero-order chi connectivity index (χ0) is 42.5. The summed E-state index contributed by atoms with van der Waals surface area (Å²) in [5.41, 5.74) is 10.0. The van der Waals surface area contributed by atoms with Gasteiger partial charge in [-0.1, -0.05) is 164 Å². The van der Waals surface area contributed by atoms with Crippen LogP contribution in [0.2, 0.25) is 0 Å². The van der Waals surface area contributed by atoms with Crippen molar-refractivity contribution < 1.29 is 39.8 Å². The number of aliphatic hydroxyl groups excluding tert-OH is 4. The lowest BCUT2D eigenvalue weighted by molar-refractivity contribution is -1.13. The summed E-state index contributed by atoms with van der Waals surface area (Å²) in [7, 11) is 1.53. The molecule has 1 aliphatic rings. The average Bonchev–Trinajstić information content (AvgIpc) is 3.54. The van der Waals surface area contributed by atoms with E-state index in [0.717, 1.165) is 57.8 Å². The molecule has 58 heavy (non-hydrogen) atoms. The van der Waals surface area contributed by atoms with Gasteiger partial charge in [0.25, 0.3) is 0 Å². The zero-order valence-electron chi connectivity index (χ0n) is 36.6. The van der Waals surface area contributed by atoms with Crippen molar-refractivity contribution in [2.24, 2.45) is 0 Å². The highest BCUT2D eigenvalue weighted by Gasteiger charge is 2.44. The standard InChI is InChI=1S/C48H68N2O6.C2H6/c1-46(2,38-20-12-10-13-21-38)40-24-26-42-43-27-25-41(47(3,4)39-22-14-11-15-23-39)33-45(43)48(44(42)32-40,28-16-6-8-18-30-49(55,34-51)35-52)29-17-7-9-19-31-50(36-53,37-54)56-5;1-2/h10-15,20-27,32-33,51-55H,6-9,16-19,28-31,34-37H2,1-5H3;1-2H3/q+2;. The van der Waals surface area contributed by atoms with Gasteiger partial charge in [-0.05, 0) is 83.0 Å². The van der Waals surface area contributed by atoms with Gasteiger partial charge in [-0.3, -0.25) is 0 Å². The normalized spacial score (nSPS) is 13.8. The fraction of sp³-hybridized carbons (Fsp3) is 0.520. The van der Waals surface area contributed by atoms with Crippen LogP contribution in [0.25, 0.3) is 11.1 Å². The maximum atomic E-state index is 10.4. The topological polar surface area (TPSA) is 110 Å². The van der Waals surface area contributed by atoms with E-state index in [4.69, 9.17) is 4.84 Å². The predicted octanol–water partition coefficient (Wildman–Crippen LogP) is 9.92. The van der Waals surface area contributed by atoms with E-state index < -0.39 is 18.1 Å². The van der Waals surface area contributed by atoms with Gasteiger partial charge < -0.3 is 20.4 Å². The molecule has 8 nitrogen and oxygen atoms in total. The number of benzene rings is 4. The fourth-order valence-corrected chi connectivity index (χ4v) is 8.93. The Bertz CT molecular complexity index is 1710.